The van der Waals surface area contributed by atoms with Crippen LogP contribution in [0, 0.1) is 19.8 Å². The molecule has 7 nitrogen and oxygen atoms in total. The maximum Gasteiger partial charge on any atom is 0.272 e. The van der Waals surface area contributed by atoms with Gasteiger partial charge in [0.2, 0.25) is 0 Å². The van der Waals surface area contributed by atoms with Gasteiger partial charge in [-0.3, -0.25) is 14.6 Å². The van der Waals surface area contributed by atoms with E-state index in [1.807, 2.05) is 30.9 Å². The summed E-state index contributed by atoms with van der Waals surface area (Å²) in [6.07, 6.45) is 4.81. The Morgan fingerprint density at radius 2 is 2.35 bits per heavy atom. The van der Waals surface area contributed by atoms with Crippen LogP contribution in [0.2, 0.25) is 0 Å². The first-order chi connectivity index (χ1) is 11.1. The Labute approximate surface area is 135 Å². The molecule has 7 heteroatoms. The molecule has 1 aliphatic heterocycles. The summed E-state index contributed by atoms with van der Waals surface area (Å²) in [5.74, 6) is 0.121. The number of amides is 1. The summed E-state index contributed by atoms with van der Waals surface area (Å²) < 4.78 is 7.74. The molecule has 0 aliphatic carbocycles. The first-order valence-electron chi connectivity index (χ1n) is 8.03. The average Bonchev–Trinajstić information content (AvgIpc) is 3.26. The normalized spacial score (nSPS) is 20.8. The smallest absolute Gasteiger partial charge is 0.272 e. The zero-order chi connectivity index (χ0) is 16.4. The Bertz CT molecular complexity index is 690. The predicted octanol–water partition coefficient (Wildman–Crippen LogP) is 1.75. The summed E-state index contributed by atoms with van der Waals surface area (Å²) in [7, 11) is 0. The summed E-state index contributed by atoms with van der Waals surface area (Å²) in [4.78, 5) is 12.3. The van der Waals surface area contributed by atoms with Crippen LogP contribution in [0.5, 0.6) is 0 Å². The topological polar surface area (TPSA) is 84.8 Å². The molecule has 2 aromatic heterocycles. The van der Waals surface area contributed by atoms with Crippen molar-refractivity contribution in [2.24, 2.45) is 5.92 Å². The zero-order valence-electron chi connectivity index (χ0n) is 13.8. The number of ether oxygens (including phenoxy) is 1. The molecule has 2 atom stereocenters. The largest absolute Gasteiger partial charge is 0.373 e. The van der Waals surface area contributed by atoms with Gasteiger partial charge in [-0.25, -0.2) is 0 Å². The van der Waals surface area contributed by atoms with Gasteiger partial charge in [0.15, 0.2) is 5.69 Å². The summed E-state index contributed by atoms with van der Waals surface area (Å²) in [6.45, 7) is 7.99. The van der Waals surface area contributed by atoms with Gasteiger partial charge in [0, 0.05) is 48.6 Å². The number of aryl methyl sites for hydroxylation is 2. The number of carbonyl (C=O) groups is 1. The van der Waals surface area contributed by atoms with Gasteiger partial charge in [0.25, 0.3) is 5.91 Å². The third kappa shape index (κ3) is 3.14. The zero-order valence-corrected chi connectivity index (χ0v) is 13.8. The highest BCUT2D eigenvalue weighted by molar-refractivity contribution is 5.93. The number of carbonyl (C=O) groups excluding carboxylic acids is 1. The summed E-state index contributed by atoms with van der Waals surface area (Å²) >= 11 is 0. The van der Waals surface area contributed by atoms with E-state index in [0.717, 1.165) is 29.8 Å². The molecular weight excluding hydrogens is 294 g/mol. The second-order valence-electron chi connectivity index (χ2n) is 6.00. The molecule has 3 heterocycles. The molecule has 0 aromatic carbocycles. The van der Waals surface area contributed by atoms with Crippen LogP contribution < -0.4 is 5.32 Å². The van der Waals surface area contributed by atoms with E-state index in [9.17, 15) is 4.79 Å². The van der Waals surface area contributed by atoms with Gasteiger partial charge in [0.1, 0.15) is 0 Å². The number of aromatic nitrogens is 4. The number of aromatic amines is 1. The molecule has 3 rings (SSSR count). The number of rotatable bonds is 5. The molecule has 2 N–H and O–H groups in total. The van der Waals surface area contributed by atoms with Crippen molar-refractivity contribution in [1.82, 2.24) is 25.3 Å². The molecule has 1 aliphatic rings. The Hall–Kier alpha value is -2.15. The molecule has 1 saturated heterocycles. The lowest BCUT2D eigenvalue weighted by molar-refractivity contribution is 0.0843. The third-order valence-electron chi connectivity index (χ3n) is 4.51. The minimum absolute atomic E-state index is 0.00221. The Balaban J connectivity index is 1.63. The van der Waals surface area contributed by atoms with Gasteiger partial charge in [0.05, 0.1) is 12.3 Å². The van der Waals surface area contributed by atoms with Crippen LogP contribution in [-0.2, 0) is 11.3 Å². The quantitative estimate of drug-likeness (QED) is 0.880. The van der Waals surface area contributed by atoms with E-state index in [1.165, 1.54) is 0 Å². The van der Waals surface area contributed by atoms with Gasteiger partial charge < -0.3 is 10.1 Å². The predicted molar refractivity (Wildman–Crippen MR) is 85.1 cm³/mol. The first kappa shape index (κ1) is 15.7. The standard InChI is InChI=1S/C16H23N5O2/c1-4-21-9-13(8-18-21)15-12(5-6-23-15)7-17-16(22)14-10(2)11(3)19-20-14/h8-9,12,15H,4-7H2,1-3H3,(H,17,22)(H,19,20)/t12-,15+/m0/s1. The Morgan fingerprint density at radius 3 is 3.00 bits per heavy atom. The molecule has 1 amide bonds. The molecule has 1 fully saturated rings. The maximum absolute atomic E-state index is 12.3. The van der Waals surface area contributed by atoms with Gasteiger partial charge in [-0.05, 0) is 27.2 Å². The monoisotopic (exact) mass is 317 g/mol. The van der Waals surface area contributed by atoms with E-state index in [2.05, 4.69) is 27.5 Å². The molecule has 0 bridgehead atoms. The molecule has 124 valence electrons. The van der Waals surface area contributed by atoms with Crippen LogP contribution in [0.15, 0.2) is 12.4 Å². The van der Waals surface area contributed by atoms with Crippen molar-refractivity contribution in [3.8, 4) is 0 Å². The summed E-state index contributed by atoms with van der Waals surface area (Å²) in [5, 5.41) is 14.2. The van der Waals surface area contributed by atoms with Gasteiger partial charge in [-0.15, -0.1) is 0 Å². The lowest BCUT2D eigenvalue weighted by Crippen LogP contribution is -2.31. The van der Waals surface area contributed by atoms with Crippen LogP contribution in [0.3, 0.4) is 0 Å². The number of hydrogen-bond acceptors (Lipinski definition) is 4. The van der Waals surface area contributed by atoms with Crippen LogP contribution in [-0.4, -0.2) is 39.0 Å². The van der Waals surface area contributed by atoms with Crippen molar-refractivity contribution in [1.29, 1.82) is 0 Å². The fraction of sp³-hybridized carbons (Fsp3) is 0.562. The maximum atomic E-state index is 12.3. The molecular formula is C16H23N5O2. The number of nitrogens with one attached hydrogen (secondary N) is 2. The minimum Gasteiger partial charge on any atom is -0.373 e. The molecule has 0 spiro atoms. The van der Waals surface area contributed by atoms with Crippen molar-refractivity contribution < 1.29 is 9.53 Å². The lowest BCUT2D eigenvalue weighted by Gasteiger charge is -2.17. The first-order valence-corrected chi connectivity index (χ1v) is 8.03. The van der Waals surface area contributed by atoms with Gasteiger partial charge in [-0.2, -0.15) is 10.2 Å². The van der Waals surface area contributed by atoms with Crippen molar-refractivity contribution in [3.63, 3.8) is 0 Å². The lowest BCUT2D eigenvalue weighted by atomic mass is 9.97. The second-order valence-corrected chi connectivity index (χ2v) is 6.00. The summed E-state index contributed by atoms with van der Waals surface area (Å²) in [5.41, 5.74) is 3.36. The highest BCUT2D eigenvalue weighted by Crippen LogP contribution is 2.33. The molecule has 0 radical (unpaired) electrons. The summed E-state index contributed by atoms with van der Waals surface area (Å²) in [6, 6.07) is 0. The highest BCUT2D eigenvalue weighted by atomic mass is 16.5. The van der Waals surface area contributed by atoms with Gasteiger partial charge >= 0.3 is 0 Å². The van der Waals surface area contributed by atoms with Crippen LogP contribution in [0.4, 0.5) is 0 Å². The fourth-order valence-corrected chi connectivity index (χ4v) is 2.92. The van der Waals surface area contributed by atoms with E-state index in [4.69, 9.17) is 4.74 Å². The van der Waals surface area contributed by atoms with E-state index < -0.39 is 0 Å². The van der Waals surface area contributed by atoms with Crippen LogP contribution >= 0.6 is 0 Å². The van der Waals surface area contributed by atoms with E-state index in [1.54, 1.807) is 0 Å². The average molecular weight is 317 g/mol. The van der Waals surface area contributed by atoms with Gasteiger partial charge in [-0.1, -0.05) is 0 Å². The van der Waals surface area contributed by atoms with Crippen molar-refractivity contribution >= 4 is 5.91 Å². The number of nitrogens with zero attached hydrogens (tertiary/aromatic N) is 3. The van der Waals surface area contributed by atoms with Crippen molar-refractivity contribution in [2.45, 2.75) is 39.8 Å². The molecule has 2 aromatic rings. The second kappa shape index (κ2) is 6.54. The highest BCUT2D eigenvalue weighted by Gasteiger charge is 2.31. The van der Waals surface area contributed by atoms with Crippen molar-refractivity contribution in [3.05, 3.63) is 34.9 Å². The molecule has 0 unspecified atom stereocenters. The fourth-order valence-electron chi connectivity index (χ4n) is 2.92. The SMILES string of the molecule is CCn1cc([C@@H]2OCC[C@H]2CNC(=O)c2n[nH]c(C)c2C)cn1. The van der Waals surface area contributed by atoms with Crippen LogP contribution in [0.25, 0.3) is 0 Å². The van der Waals surface area contributed by atoms with E-state index >= 15 is 0 Å². The third-order valence-corrected chi connectivity index (χ3v) is 4.51. The van der Waals surface area contributed by atoms with Crippen molar-refractivity contribution in [2.75, 3.05) is 13.2 Å². The molecule has 0 saturated carbocycles. The number of hydrogen-bond donors (Lipinski definition) is 2. The Kier molecular flexibility index (Phi) is 4.47. The van der Waals surface area contributed by atoms with E-state index in [0.29, 0.717) is 18.8 Å². The molecule has 23 heavy (non-hydrogen) atoms. The Morgan fingerprint density at radius 1 is 1.52 bits per heavy atom. The number of H-pyrrole nitrogens is 1. The van der Waals surface area contributed by atoms with Crippen LogP contribution in [0.1, 0.15) is 46.8 Å². The minimum atomic E-state index is -0.137. The van der Waals surface area contributed by atoms with E-state index in [-0.39, 0.29) is 17.9 Å².